The maximum Gasteiger partial charge on any atom is 0.116 e. The van der Waals surface area contributed by atoms with Crippen molar-refractivity contribution in [2.24, 2.45) is 0 Å². The minimum absolute atomic E-state index is 0.189. The van der Waals surface area contributed by atoms with Crippen LogP contribution in [0, 0.1) is 11.3 Å². The largest absolute Gasteiger partial charge is 0.372 e. The van der Waals surface area contributed by atoms with Crippen molar-refractivity contribution in [2.75, 3.05) is 18.0 Å². The molecule has 0 spiro atoms. The van der Waals surface area contributed by atoms with E-state index in [9.17, 15) is 5.26 Å². The predicted octanol–water partition coefficient (Wildman–Crippen LogP) is 2.12. The Morgan fingerprint density at radius 1 is 1.30 bits per heavy atom. The normalized spacial score (nSPS) is 22.8. The molecule has 1 saturated heterocycles. The third kappa shape index (κ3) is 2.19. The molecule has 0 radical (unpaired) electrons. The highest BCUT2D eigenvalue weighted by molar-refractivity contribution is 5.94. The number of anilines is 1. The molecule has 5 nitrogen and oxygen atoms in total. The van der Waals surface area contributed by atoms with Gasteiger partial charge in [-0.05, 0) is 26.0 Å². The highest BCUT2D eigenvalue weighted by atomic mass is 16.5. The summed E-state index contributed by atoms with van der Waals surface area (Å²) in [7, 11) is 0. The summed E-state index contributed by atoms with van der Waals surface area (Å²) >= 11 is 0. The van der Waals surface area contributed by atoms with Crippen molar-refractivity contribution in [2.45, 2.75) is 26.1 Å². The first-order valence-corrected chi connectivity index (χ1v) is 6.72. The number of hydrogen-bond acceptors (Lipinski definition) is 5. The summed E-state index contributed by atoms with van der Waals surface area (Å²) in [6.45, 7) is 5.82. The zero-order valence-corrected chi connectivity index (χ0v) is 11.6. The summed E-state index contributed by atoms with van der Waals surface area (Å²) in [4.78, 5) is 10.6. The van der Waals surface area contributed by atoms with Crippen LogP contribution in [0.1, 0.15) is 19.4 Å². The zero-order valence-electron chi connectivity index (χ0n) is 11.6. The minimum atomic E-state index is 0.189. The summed E-state index contributed by atoms with van der Waals surface area (Å²) in [5, 5.41) is 10.1. The van der Waals surface area contributed by atoms with Gasteiger partial charge < -0.3 is 9.64 Å². The molecule has 0 saturated carbocycles. The standard InChI is InChI=1S/C15H16N4O/c1-10-7-19(8-11(2)20-10)14-4-3-12(5-16)15-13(14)6-17-9-18-15/h3-4,6,9-11H,7-8H2,1-2H3. The van der Waals surface area contributed by atoms with Gasteiger partial charge in [0.05, 0.1) is 23.3 Å². The molecule has 5 heteroatoms. The number of rotatable bonds is 1. The van der Waals surface area contributed by atoms with Gasteiger partial charge in [0, 0.05) is 30.4 Å². The fourth-order valence-electron chi connectivity index (χ4n) is 2.80. The third-order valence-corrected chi connectivity index (χ3v) is 3.53. The monoisotopic (exact) mass is 268 g/mol. The lowest BCUT2D eigenvalue weighted by atomic mass is 10.1. The van der Waals surface area contributed by atoms with Crippen LogP contribution in [0.4, 0.5) is 5.69 Å². The second-order valence-corrected chi connectivity index (χ2v) is 5.19. The third-order valence-electron chi connectivity index (χ3n) is 3.53. The molecule has 20 heavy (non-hydrogen) atoms. The molecule has 2 unspecified atom stereocenters. The van der Waals surface area contributed by atoms with E-state index in [1.54, 1.807) is 6.20 Å². The molecule has 1 fully saturated rings. The summed E-state index contributed by atoms with van der Waals surface area (Å²) < 4.78 is 5.77. The quantitative estimate of drug-likeness (QED) is 0.792. The summed E-state index contributed by atoms with van der Waals surface area (Å²) in [5.41, 5.74) is 2.37. The van der Waals surface area contributed by atoms with Crippen molar-refractivity contribution in [3.05, 3.63) is 30.2 Å². The number of benzene rings is 1. The molecule has 102 valence electrons. The van der Waals surface area contributed by atoms with Crippen molar-refractivity contribution < 1.29 is 4.74 Å². The zero-order chi connectivity index (χ0) is 14.1. The molecule has 3 rings (SSSR count). The Bertz CT molecular complexity index is 669. The van der Waals surface area contributed by atoms with E-state index in [0.717, 1.165) is 24.2 Å². The number of aromatic nitrogens is 2. The highest BCUT2D eigenvalue weighted by Crippen LogP contribution is 2.29. The molecule has 2 aromatic rings. The van der Waals surface area contributed by atoms with Gasteiger partial charge in [0.25, 0.3) is 0 Å². The number of nitriles is 1. The molecular weight excluding hydrogens is 252 g/mol. The number of fused-ring (bicyclic) bond motifs is 1. The lowest BCUT2D eigenvalue weighted by Crippen LogP contribution is -2.45. The second-order valence-electron chi connectivity index (χ2n) is 5.19. The van der Waals surface area contributed by atoms with Crippen LogP contribution in [0.5, 0.6) is 0 Å². The molecule has 0 aliphatic carbocycles. The molecule has 0 N–H and O–H groups in total. The molecule has 1 aromatic carbocycles. The van der Waals surface area contributed by atoms with Crippen LogP contribution in [0.15, 0.2) is 24.7 Å². The smallest absolute Gasteiger partial charge is 0.116 e. The van der Waals surface area contributed by atoms with Crippen LogP contribution in [-0.2, 0) is 4.74 Å². The van der Waals surface area contributed by atoms with Gasteiger partial charge in [0.15, 0.2) is 0 Å². The van der Waals surface area contributed by atoms with Crippen molar-refractivity contribution >= 4 is 16.6 Å². The minimum Gasteiger partial charge on any atom is -0.372 e. The molecule has 1 aromatic heterocycles. The highest BCUT2D eigenvalue weighted by Gasteiger charge is 2.24. The Labute approximate surface area is 117 Å². The lowest BCUT2D eigenvalue weighted by Gasteiger charge is -2.37. The van der Waals surface area contributed by atoms with Crippen molar-refractivity contribution in [3.63, 3.8) is 0 Å². The number of nitrogens with zero attached hydrogens (tertiary/aromatic N) is 4. The fourth-order valence-corrected chi connectivity index (χ4v) is 2.80. The van der Waals surface area contributed by atoms with Crippen LogP contribution in [0.25, 0.3) is 10.9 Å². The van der Waals surface area contributed by atoms with E-state index in [4.69, 9.17) is 4.74 Å². The van der Waals surface area contributed by atoms with Gasteiger partial charge >= 0.3 is 0 Å². The molecule has 0 amide bonds. The van der Waals surface area contributed by atoms with Crippen LogP contribution in [-0.4, -0.2) is 35.3 Å². The second kappa shape index (κ2) is 5.06. The molecule has 1 aliphatic heterocycles. The Morgan fingerprint density at radius 2 is 2.05 bits per heavy atom. The van der Waals surface area contributed by atoms with E-state index >= 15 is 0 Å². The van der Waals surface area contributed by atoms with Gasteiger partial charge in [0.2, 0.25) is 0 Å². The van der Waals surface area contributed by atoms with Crippen molar-refractivity contribution in [3.8, 4) is 6.07 Å². The van der Waals surface area contributed by atoms with Gasteiger partial charge in [-0.2, -0.15) is 5.26 Å². The van der Waals surface area contributed by atoms with E-state index in [-0.39, 0.29) is 12.2 Å². The van der Waals surface area contributed by atoms with Gasteiger partial charge in [-0.1, -0.05) is 0 Å². The molecule has 2 atom stereocenters. The Hall–Kier alpha value is -2.19. The molecule has 2 heterocycles. The van der Waals surface area contributed by atoms with E-state index < -0.39 is 0 Å². The summed E-state index contributed by atoms with van der Waals surface area (Å²) in [6.07, 6.45) is 3.64. The predicted molar refractivity (Wildman–Crippen MR) is 76.5 cm³/mol. The average molecular weight is 268 g/mol. The van der Waals surface area contributed by atoms with Crippen molar-refractivity contribution in [1.29, 1.82) is 5.26 Å². The fraction of sp³-hybridized carbons (Fsp3) is 0.400. The SMILES string of the molecule is CC1CN(c2ccc(C#N)c3ncncc23)CC(C)O1. The lowest BCUT2D eigenvalue weighted by molar-refractivity contribution is -0.00513. The first-order valence-electron chi connectivity index (χ1n) is 6.72. The van der Waals surface area contributed by atoms with Gasteiger partial charge in [0.1, 0.15) is 12.4 Å². The number of hydrogen-bond donors (Lipinski definition) is 0. The Kier molecular flexibility index (Phi) is 3.25. The first kappa shape index (κ1) is 12.8. The summed E-state index contributed by atoms with van der Waals surface area (Å²) in [6, 6.07) is 5.99. The molecule has 0 bridgehead atoms. The maximum absolute atomic E-state index is 9.18. The van der Waals surface area contributed by atoms with Crippen molar-refractivity contribution in [1.82, 2.24) is 9.97 Å². The van der Waals surface area contributed by atoms with Crippen LogP contribution in [0.2, 0.25) is 0 Å². The van der Waals surface area contributed by atoms with Crippen LogP contribution in [0.3, 0.4) is 0 Å². The Morgan fingerprint density at radius 3 is 2.75 bits per heavy atom. The number of ether oxygens (including phenoxy) is 1. The van der Waals surface area contributed by atoms with E-state index in [1.807, 2.05) is 12.1 Å². The Balaban J connectivity index is 2.11. The van der Waals surface area contributed by atoms with Gasteiger partial charge in [-0.3, -0.25) is 0 Å². The van der Waals surface area contributed by atoms with Crippen LogP contribution >= 0.6 is 0 Å². The number of morpholine rings is 1. The van der Waals surface area contributed by atoms with Gasteiger partial charge in [-0.15, -0.1) is 0 Å². The van der Waals surface area contributed by atoms with E-state index in [1.165, 1.54) is 6.33 Å². The van der Waals surface area contributed by atoms with E-state index in [2.05, 4.69) is 34.8 Å². The summed E-state index contributed by atoms with van der Waals surface area (Å²) in [5.74, 6) is 0. The van der Waals surface area contributed by atoms with Gasteiger partial charge in [-0.25, -0.2) is 9.97 Å². The topological polar surface area (TPSA) is 62.0 Å². The molecular formula is C15H16N4O. The first-order chi connectivity index (χ1) is 9.69. The average Bonchev–Trinajstić information content (AvgIpc) is 2.45. The molecule has 1 aliphatic rings. The maximum atomic E-state index is 9.18. The van der Waals surface area contributed by atoms with E-state index in [0.29, 0.717) is 11.1 Å². The van der Waals surface area contributed by atoms with Crippen LogP contribution < -0.4 is 4.90 Å².